The van der Waals surface area contributed by atoms with Gasteiger partial charge in [-0.3, -0.25) is 9.59 Å². The number of para-hydroxylation sites is 1. The van der Waals surface area contributed by atoms with Crippen molar-refractivity contribution >= 4 is 11.8 Å². The third kappa shape index (κ3) is 4.71. The number of nitrogens with one attached hydrogen (secondary N) is 1. The first-order chi connectivity index (χ1) is 18.1. The highest BCUT2D eigenvalue weighted by Crippen LogP contribution is 2.52. The summed E-state index contributed by atoms with van der Waals surface area (Å²) < 4.78 is 11.8. The summed E-state index contributed by atoms with van der Waals surface area (Å²) in [5.41, 5.74) is 3.23. The minimum absolute atomic E-state index is 0.0184. The third-order valence-electron chi connectivity index (χ3n) is 7.58. The molecule has 2 atom stereocenters. The fourth-order valence-electron chi connectivity index (χ4n) is 5.84. The molecule has 6 nitrogen and oxygen atoms in total. The molecule has 1 heterocycles. The molecule has 3 aromatic carbocycles. The Morgan fingerprint density at radius 3 is 2.49 bits per heavy atom. The summed E-state index contributed by atoms with van der Waals surface area (Å²) in [5.74, 6) is 3.02. The van der Waals surface area contributed by atoms with Gasteiger partial charge >= 0.3 is 0 Å². The number of methoxy groups -OCH3 is 1. The zero-order valence-corrected chi connectivity index (χ0v) is 20.9. The predicted octanol–water partition coefficient (Wildman–Crippen LogP) is 4.11. The van der Waals surface area contributed by atoms with Gasteiger partial charge in [-0.25, -0.2) is 0 Å². The van der Waals surface area contributed by atoms with E-state index in [4.69, 9.17) is 15.9 Å². The molecule has 1 fully saturated rings. The summed E-state index contributed by atoms with van der Waals surface area (Å²) in [4.78, 5) is 28.0. The number of hydrogen-bond donors (Lipinski definition) is 1. The van der Waals surface area contributed by atoms with Crippen molar-refractivity contribution in [2.24, 2.45) is 0 Å². The van der Waals surface area contributed by atoms with E-state index >= 15 is 0 Å². The molecule has 0 radical (unpaired) electrons. The molecule has 6 heteroatoms. The molecule has 0 bridgehead atoms. The normalized spacial score (nSPS) is 19.6. The first-order valence-corrected chi connectivity index (χ1v) is 12.5. The van der Waals surface area contributed by atoms with Gasteiger partial charge in [0.15, 0.2) is 6.61 Å². The molecule has 5 rings (SSSR count). The van der Waals surface area contributed by atoms with Crippen LogP contribution in [0.4, 0.5) is 0 Å². The van der Waals surface area contributed by atoms with Crippen LogP contribution < -0.4 is 10.1 Å². The van der Waals surface area contributed by atoms with Crippen molar-refractivity contribution in [2.75, 3.05) is 26.8 Å². The Kier molecular flexibility index (Phi) is 6.98. The number of rotatable bonds is 6. The van der Waals surface area contributed by atoms with E-state index < -0.39 is 0 Å². The van der Waals surface area contributed by atoms with Crippen LogP contribution in [0.3, 0.4) is 0 Å². The summed E-state index contributed by atoms with van der Waals surface area (Å²) >= 11 is 0. The van der Waals surface area contributed by atoms with E-state index in [2.05, 4.69) is 23.4 Å². The maximum Gasteiger partial charge on any atom is 0.258 e. The smallest absolute Gasteiger partial charge is 0.258 e. The number of piperidine rings is 1. The minimum atomic E-state index is -0.305. The van der Waals surface area contributed by atoms with Crippen molar-refractivity contribution in [2.45, 2.75) is 30.4 Å². The Morgan fingerprint density at radius 1 is 1.03 bits per heavy atom. The lowest BCUT2D eigenvalue weighted by Gasteiger charge is -2.44. The zero-order valence-electron chi connectivity index (χ0n) is 20.9. The molecule has 0 aromatic heterocycles. The highest BCUT2D eigenvalue weighted by molar-refractivity contribution is 5.94. The van der Waals surface area contributed by atoms with Crippen LogP contribution in [0.25, 0.3) is 0 Å². The second kappa shape index (κ2) is 10.5. The van der Waals surface area contributed by atoms with E-state index in [9.17, 15) is 9.59 Å². The maximum atomic E-state index is 13.2. The van der Waals surface area contributed by atoms with Gasteiger partial charge in [0.1, 0.15) is 5.75 Å². The van der Waals surface area contributed by atoms with E-state index in [-0.39, 0.29) is 36.0 Å². The van der Waals surface area contributed by atoms with Gasteiger partial charge in [0.25, 0.3) is 11.8 Å². The van der Waals surface area contributed by atoms with Gasteiger partial charge in [-0.15, -0.1) is 6.42 Å². The minimum Gasteiger partial charge on any atom is -0.484 e. The first-order valence-electron chi connectivity index (χ1n) is 12.5. The molecule has 0 saturated carbocycles. The number of benzene rings is 3. The molecule has 2 amide bonds. The average molecular weight is 495 g/mol. The number of likely N-dealkylation sites (tertiary alicyclic amines) is 1. The molecule has 3 aromatic rings. The summed E-state index contributed by atoms with van der Waals surface area (Å²) in [6.45, 7) is 1.10. The van der Waals surface area contributed by atoms with Crippen LogP contribution in [0.1, 0.15) is 45.9 Å². The Hall–Kier alpha value is -4.08. The van der Waals surface area contributed by atoms with Gasteiger partial charge < -0.3 is 19.7 Å². The second-order valence-corrected chi connectivity index (χ2v) is 9.56. The van der Waals surface area contributed by atoms with E-state index in [0.717, 1.165) is 18.4 Å². The van der Waals surface area contributed by atoms with Gasteiger partial charge in [-0.1, -0.05) is 54.5 Å². The number of nitrogens with zero attached hydrogens (tertiary/aromatic N) is 1. The largest absolute Gasteiger partial charge is 0.484 e. The Bertz CT molecular complexity index is 1320. The van der Waals surface area contributed by atoms with Crippen molar-refractivity contribution in [3.63, 3.8) is 0 Å². The summed E-state index contributed by atoms with van der Waals surface area (Å²) in [7, 11) is 1.70. The maximum absolute atomic E-state index is 13.2. The molecular formula is C31H30N2O4. The molecule has 188 valence electrons. The number of carbonyl (C=O) groups is 2. The van der Waals surface area contributed by atoms with Gasteiger partial charge in [-0.2, -0.15) is 0 Å². The van der Waals surface area contributed by atoms with Crippen LogP contribution in [0.15, 0.2) is 78.9 Å². The van der Waals surface area contributed by atoms with Crippen molar-refractivity contribution in [3.8, 4) is 18.1 Å². The Balaban J connectivity index is 1.32. The molecule has 2 aliphatic rings. The predicted molar refractivity (Wildman–Crippen MR) is 141 cm³/mol. The lowest BCUT2D eigenvalue weighted by molar-refractivity contribution is -0.125. The van der Waals surface area contributed by atoms with E-state index in [1.807, 2.05) is 59.5 Å². The number of carbonyl (C=O) groups excluding carboxylic acids is 2. The molecule has 1 N–H and O–H groups in total. The lowest BCUT2D eigenvalue weighted by atomic mass is 9.71. The number of terminal acetylenes is 1. The van der Waals surface area contributed by atoms with Crippen LogP contribution in [0.2, 0.25) is 0 Å². The van der Waals surface area contributed by atoms with Crippen molar-refractivity contribution in [3.05, 3.63) is 101 Å². The number of ether oxygens (including phenoxy) is 2. The fraction of sp³-hybridized carbons (Fsp3) is 0.290. The average Bonchev–Trinajstić information content (AvgIpc) is 3.20. The summed E-state index contributed by atoms with van der Waals surface area (Å²) in [5, 5.41) is 3.16. The third-order valence-corrected chi connectivity index (χ3v) is 7.58. The van der Waals surface area contributed by atoms with E-state index in [1.165, 1.54) is 5.56 Å². The van der Waals surface area contributed by atoms with Crippen molar-refractivity contribution < 1.29 is 19.1 Å². The SMILES string of the molecule is C#Cc1cccc(C(=O)N2CCC3(CC2)c2ccccc2[C@H](NC(=O)COc2ccccc2)[C@H]3OC)c1. The number of fused-ring (bicyclic) bond motifs is 2. The molecule has 1 saturated heterocycles. The Labute approximate surface area is 217 Å². The Morgan fingerprint density at radius 2 is 1.76 bits per heavy atom. The van der Waals surface area contributed by atoms with Crippen LogP contribution >= 0.6 is 0 Å². The number of hydrogen-bond acceptors (Lipinski definition) is 4. The van der Waals surface area contributed by atoms with E-state index in [0.29, 0.717) is 30.0 Å². The molecule has 1 spiro atoms. The van der Waals surface area contributed by atoms with E-state index in [1.54, 1.807) is 19.2 Å². The van der Waals surface area contributed by atoms with Gasteiger partial charge in [0, 0.05) is 36.7 Å². The zero-order chi connectivity index (χ0) is 25.8. The molecule has 0 unspecified atom stereocenters. The van der Waals surface area contributed by atoms with Gasteiger partial charge in [-0.05, 0) is 54.3 Å². The molecule has 37 heavy (non-hydrogen) atoms. The van der Waals surface area contributed by atoms with Crippen LogP contribution in [0.5, 0.6) is 5.75 Å². The molecule has 1 aliphatic heterocycles. The van der Waals surface area contributed by atoms with Crippen LogP contribution in [-0.2, 0) is 14.9 Å². The highest BCUT2D eigenvalue weighted by Gasteiger charge is 2.54. The monoisotopic (exact) mass is 494 g/mol. The van der Waals surface area contributed by atoms with Crippen LogP contribution in [0, 0.1) is 12.3 Å². The summed E-state index contributed by atoms with van der Waals surface area (Å²) in [6, 6.07) is 24.4. The first kappa shape index (κ1) is 24.6. The van der Waals surface area contributed by atoms with Gasteiger partial charge in [0.2, 0.25) is 0 Å². The fourth-order valence-corrected chi connectivity index (χ4v) is 5.84. The topological polar surface area (TPSA) is 67.9 Å². The second-order valence-electron chi connectivity index (χ2n) is 9.56. The van der Waals surface area contributed by atoms with Crippen molar-refractivity contribution in [1.29, 1.82) is 0 Å². The number of amides is 2. The summed E-state index contributed by atoms with van der Waals surface area (Å²) in [6.07, 6.45) is 6.73. The molecule has 1 aliphatic carbocycles. The highest BCUT2D eigenvalue weighted by atomic mass is 16.5. The lowest BCUT2D eigenvalue weighted by Crippen LogP contribution is -2.52. The quantitative estimate of drug-likeness (QED) is 0.524. The standard InChI is InChI=1S/C31H30N2O4/c1-3-22-10-9-11-23(20-22)30(35)33-18-16-31(17-19-33)26-15-8-7-14-25(26)28(29(31)36-2)32-27(34)21-37-24-12-5-4-6-13-24/h1,4-15,20,28-29H,16-19,21H2,2H3,(H,32,34)/t28-,29+/m0/s1. The van der Waals surface area contributed by atoms with Crippen LogP contribution in [-0.4, -0.2) is 49.6 Å². The van der Waals surface area contributed by atoms with Gasteiger partial charge in [0.05, 0.1) is 12.1 Å². The van der Waals surface area contributed by atoms with Crippen molar-refractivity contribution in [1.82, 2.24) is 10.2 Å². The molecular weight excluding hydrogens is 464 g/mol.